The lowest BCUT2D eigenvalue weighted by atomic mass is 9.91. The molecule has 0 aromatic heterocycles. The van der Waals surface area contributed by atoms with Crippen LogP contribution in [-0.2, 0) is 14.3 Å². The summed E-state index contributed by atoms with van der Waals surface area (Å²) in [7, 11) is 1.37. The van der Waals surface area contributed by atoms with Gasteiger partial charge in [-0.05, 0) is 43.3 Å². The number of rotatable bonds is 5. The van der Waals surface area contributed by atoms with Gasteiger partial charge in [-0.2, -0.15) is 0 Å². The number of carbonyl (C=O) groups is 2. The number of carbonyl (C=O) groups excluding carboxylic acids is 2. The summed E-state index contributed by atoms with van der Waals surface area (Å²) in [5, 5.41) is 6.42. The number of nitrogens with one attached hydrogen (secondary N) is 2. The zero-order valence-electron chi connectivity index (χ0n) is 13.5. The van der Waals surface area contributed by atoms with Crippen LogP contribution in [0.25, 0.3) is 0 Å². The summed E-state index contributed by atoms with van der Waals surface area (Å²) >= 11 is 0. The second-order valence-corrected chi connectivity index (χ2v) is 6.62. The van der Waals surface area contributed by atoms with Gasteiger partial charge in [0, 0.05) is 5.92 Å². The average molecular weight is 316 g/mol. The zero-order valence-corrected chi connectivity index (χ0v) is 13.5. The van der Waals surface area contributed by atoms with Crippen molar-refractivity contribution in [1.82, 2.24) is 10.6 Å². The van der Waals surface area contributed by atoms with Gasteiger partial charge in [0.25, 0.3) is 0 Å². The summed E-state index contributed by atoms with van der Waals surface area (Å²) in [4.78, 5) is 24.3. The molecule has 23 heavy (non-hydrogen) atoms. The van der Waals surface area contributed by atoms with Gasteiger partial charge in [0.1, 0.15) is 0 Å². The van der Waals surface area contributed by atoms with E-state index < -0.39 is 0 Å². The van der Waals surface area contributed by atoms with Crippen LogP contribution >= 0.6 is 0 Å². The van der Waals surface area contributed by atoms with Crippen molar-refractivity contribution in [3.05, 3.63) is 35.9 Å². The number of methoxy groups -OCH3 is 1. The third-order valence-corrected chi connectivity index (χ3v) is 5.22. The van der Waals surface area contributed by atoms with E-state index in [0.717, 1.165) is 37.9 Å². The van der Waals surface area contributed by atoms with Crippen molar-refractivity contribution in [2.75, 3.05) is 20.2 Å². The van der Waals surface area contributed by atoms with Gasteiger partial charge < -0.3 is 15.4 Å². The van der Waals surface area contributed by atoms with Crippen LogP contribution < -0.4 is 10.6 Å². The highest BCUT2D eigenvalue weighted by molar-refractivity contribution is 5.83. The van der Waals surface area contributed by atoms with Crippen LogP contribution in [-0.4, -0.2) is 32.1 Å². The van der Waals surface area contributed by atoms with Crippen LogP contribution in [0.5, 0.6) is 0 Å². The number of ether oxygens (including phenoxy) is 1. The highest BCUT2D eigenvalue weighted by Crippen LogP contribution is 2.58. The quantitative estimate of drug-likeness (QED) is 0.813. The summed E-state index contributed by atoms with van der Waals surface area (Å²) in [6.07, 6.45) is 3.27. The molecule has 2 aliphatic rings. The Bertz CT molecular complexity index is 567. The lowest BCUT2D eigenvalue weighted by Crippen LogP contribution is -2.36. The van der Waals surface area contributed by atoms with Crippen LogP contribution in [0.15, 0.2) is 30.3 Å². The molecule has 2 fully saturated rings. The monoisotopic (exact) mass is 316 g/mol. The molecule has 2 atom stereocenters. The molecule has 3 rings (SSSR count). The van der Waals surface area contributed by atoms with Crippen LogP contribution in [0.4, 0.5) is 0 Å². The number of benzene rings is 1. The Labute approximate surface area is 136 Å². The lowest BCUT2D eigenvalue weighted by molar-refractivity contribution is -0.141. The highest BCUT2D eigenvalue weighted by atomic mass is 16.5. The van der Waals surface area contributed by atoms with Gasteiger partial charge >= 0.3 is 5.97 Å². The highest BCUT2D eigenvalue weighted by Gasteiger charge is 2.57. The Morgan fingerprint density at radius 1 is 1.30 bits per heavy atom. The van der Waals surface area contributed by atoms with Crippen molar-refractivity contribution in [3.8, 4) is 0 Å². The van der Waals surface area contributed by atoms with Crippen molar-refractivity contribution < 1.29 is 14.3 Å². The summed E-state index contributed by atoms with van der Waals surface area (Å²) in [6.45, 7) is 1.99. The third-order valence-electron chi connectivity index (χ3n) is 5.22. The molecular formula is C18H24N2O3. The van der Waals surface area contributed by atoms with E-state index in [1.165, 1.54) is 7.11 Å². The fraction of sp³-hybridized carbons (Fsp3) is 0.556. The molecule has 0 bridgehead atoms. The number of hydrogen-bond acceptors (Lipinski definition) is 4. The van der Waals surface area contributed by atoms with Crippen molar-refractivity contribution in [1.29, 1.82) is 0 Å². The molecule has 5 nitrogen and oxygen atoms in total. The van der Waals surface area contributed by atoms with Crippen molar-refractivity contribution in [3.63, 3.8) is 0 Å². The first-order valence-electron chi connectivity index (χ1n) is 8.27. The van der Waals surface area contributed by atoms with Gasteiger partial charge in [-0.15, -0.1) is 0 Å². The normalized spacial score (nSPS) is 23.1. The van der Waals surface area contributed by atoms with E-state index >= 15 is 0 Å². The molecule has 2 N–H and O–H groups in total. The predicted molar refractivity (Wildman–Crippen MR) is 86.6 cm³/mol. The third kappa shape index (κ3) is 3.55. The number of hydrogen-bond donors (Lipinski definition) is 2. The SMILES string of the molecule is COC(=O)CC(NC(=O)C1CC12CCNCC2)c1ccccc1. The van der Waals surface area contributed by atoms with Crippen LogP contribution in [0.3, 0.4) is 0 Å². The van der Waals surface area contributed by atoms with E-state index in [1.54, 1.807) is 0 Å². The molecule has 1 heterocycles. The zero-order chi connectivity index (χ0) is 16.3. The summed E-state index contributed by atoms with van der Waals surface area (Å²) in [5.41, 5.74) is 1.13. The van der Waals surface area contributed by atoms with Gasteiger partial charge in [-0.1, -0.05) is 30.3 Å². The Kier molecular flexibility index (Phi) is 4.66. The molecule has 124 valence electrons. The predicted octanol–water partition coefficient (Wildman–Crippen LogP) is 1.80. The number of amides is 1. The van der Waals surface area contributed by atoms with E-state index in [2.05, 4.69) is 10.6 Å². The minimum absolute atomic E-state index is 0.0738. The largest absolute Gasteiger partial charge is 0.469 e. The first kappa shape index (κ1) is 16.0. The second-order valence-electron chi connectivity index (χ2n) is 6.62. The molecule has 1 saturated heterocycles. The minimum atomic E-state index is -0.324. The second kappa shape index (κ2) is 6.71. The number of esters is 1. The molecule has 1 amide bonds. The maximum Gasteiger partial charge on any atom is 0.307 e. The van der Waals surface area contributed by atoms with E-state index in [-0.39, 0.29) is 35.7 Å². The van der Waals surface area contributed by atoms with Gasteiger partial charge in [0.05, 0.1) is 19.6 Å². The fourth-order valence-electron chi connectivity index (χ4n) is 3.66. The maximum atomic E-state index is 12.6. The molecule has 2 unspecified atom stereocenters. The van der Waals surface area contributed by atoms with Crippen molar-refractivity contribution in [2.24, 2.45) is 11.3 Å². The lowest BCUT2D eigenvalue weighted by Gasteiger charge is -2.24. The standard InChI is InChI=1S/C18H24N2O3/c1-23-16(21)11-15(13-5-3-2-4-6-13)20-17(22)14-12-18(14)7-9-19-10-8-18/h2-6,14-15,19H,7-12H2,1H3,(H,20,22). The first-order valence-corrected chi connectivity index (χ1v) is 8.27. The molecule has 1 aromatic carbocycles. The molecule has 1 spiro atoms. The Morgan fingerprint density at radius 3 is 2.65 bits per heavy atom. The summed E-state index contributed by atoms with van der Waals surface area (Å²) < 4.78 is 4.77. The minimum Gasteiger partial charge on any atom is -0.469 e. The van der Waals surface area contributed by atoms with Crippen LogP contribution in [0, 0.1) is 11.3 Å². The van der Waals surface area contributed by atoms with Gasteiger partial charge in [-0.25, -0.2) is 0 Å². The molecule has 1 aromatic rings. The Morgan fingerprint density at radius 2 is 2.00 bits per heavy atom. The molecule has 5 heteroatoms. The molecule has 1 aliphatic carbocycles. The summed E-state index contributed by atoms with van der Waals surface area (Å²) in [6, 6.07) is 9.29. The maximum absolute atomic E-state index is 12.6. The smallest absolute Gasteiger partial charge is 0.307 e. The van der Waals surface area contributed by atoms with Crippen LogP contribution in [0.2, 0.25) is 0 Å². The Balaban J connectivity index is 1.66. The molecule has 1 aliphatic heterocycles. The molecule has 0 radical (unpaired) electrons. The van der Waals surface area contributed by atoms with E-state index in [1.807, 2.05) is 30.3 Å². The topological polar surface area (TPSA) is 67.4 Å². The molecule has 1 saturated carbocycles. The van der Waals surface area contributed by atoms with Crippen molar-refractivity contribution in [2.45, 2.75) is 31.7 Å². The Hall–Kier alpha value is -1.88. The van der Waals surface area contributed by atoms with E-state index in [0.29, 0.717) is 0 Å². The van der Waals surface area contributed by atoms with Crippen LogP contribution in [0.1, 0.15) is 37.3 Å². The van der Waals surface area contributed by atoms with E-state index in [4.69, 9.17) is 4.74 Å². The number of piperidine rings is 1. The van der Waals surface area contributed by atoms with Gasteiger partial charge in [-0.3, -0.25) is 9.59 Å². The summed E-state index contributed by atoms with van der Waals surface area (Å²) in [5.74, 6) is -0.148. The van der Waals surface area contributed by atoms with Gasteiger partial charge in [0.2, 0.25) is 5.91 Å². The van der Waals surface area contributed by atoms with Crippen molar-refractivity contribution >= 4 is 11.9 Å². The molecular weight excluding hydrogens is 292 g/mol. The fourth-order valence-corrected chi connectivity index (χ4v) is 3.66. The van der Waals surface area contributed by atoms with Gasteiger partial charge in [0.15, 0.2) is 0 Å². The first-order chi connectivity index (χ1) is 11.1. The average Bonchev–Trinajstić information content (AvgIpc) is 3.28. The van der Waals surface area contributed by atoms with E-state index in [9.17, 15) is 9.59 Å².